The molecule has 0 amide bonds. The normalized spacial score (nSPS) is 23.5. The smallest absolute Gasteiger partial charge is 0.306 e. The second kappa shape index (κ2) is 13.4. The zero-order chi connectivity index (χ0) is 26.0. The molecule has 1 aromatic rings. The van der Waals surface area contributed by atoms with E-state index in [0.717, 1.165) is 26.3 Å². The monoisotopic (exact) mass is 494 g/mol. The largest absolute Gasteiger partial charge is 0.463 e. The Morgan fingerprint density at radius 1 is 0.714 bits per heavy atom. The molecule has 0 unspecified atom stereocenters. The summed E-state index contributed by atoms with van der Waals surface area (Å²) in [6.07, 6.45) is -5.80. The highest BCUT2D eigenvalue weighted by molar-refractivity contribution is 5.70. The molecule has 0 radical (unpaired) electrons. The highest BCUT2D eigenvalue weighted by atomic mass is 16.7. The Kier molecular flexibility index (Phi) is 10.7. The SMILES string of the molecule is CC(=O)OC[C@H]1O[C@H](CCC(=O)OCc2ccccc2)[C@@H](OC(C)=O)[C@@H](OC(C)=O)[C@@H]1OC(C)=O. The summed E-state index contributed by atoms with van der Waals surface area (Å²) in [7, 11) is 0. The van der Waals surface area contributed by atoms with Crippen molar-refractivity contribution in [2.45, 2.75) is 77.7 Å². The van der Waals surface area contributed by atoms with E-state index in [1.54, 1.807) is 0 Å². The molecule has 1 saturated heterocycles. The van der Waals surface area contributed by atoms with Crippen LogP contribution < -0.4 is 0 Å². The molecule has 192 valence electrons. The highest BCUT2D eigenvalue weighted by Gasteiger charge is 2.51. The molecule has 0 bridgehead atoms. The molecule has 1 aromatic carbocycles. The van der Waals surface area contributed by atoms with Gasteiger partial charge >= 0.3 is 29.8 Å². The van der Waals surface area contributed by atoms with Gasteiger partial charge in [0.15, 0.2) is 18.3 Å². The van der Waals surface area contributed by atoms with E-state index >= 15 is 0 Å². The summed E-state index contributed by atoms with van der Waals surface area (Å²) in [5.41, 5.74) is 0.813. The lowest BCUT2D eigenvalue weighted by Crippen LogP contribution is -2.62. The van der Waals surface area contributed by atoms with Crippen LogP contribution in [0.3, 0.4) is 0 Å². The second-order valence-electron chi connectivity index (χ2n) is 7.92. The molecular formula is C24H30O11. The Bertz CT molecular complexity index is 898. The molecule has 0 aromatic heterocycles. The number of ether oxygens (including phenoxy) is 6. The summed E-state index contributed by atoms with van der Waals surface area (Å²) in [6.45, 7) is 4.38. The number of esters is 5. The van der Waals surface area contributed by atoms with Crippen LogP contribution in [0.2, 0.25) is 0 Å². The molecule has 1 fully saturated rings. The quantitative estimate of drug-likeness (QED) is 0.346. The van der Waals surface area contributed by atoms with Crippen LogP contribution in [0.15, 0.2) is 30.3 Å². The van der Waals surface area contributed by atoms with E-state index in [9.17, 15) is 24.0 Å². The first-order valence-electron chi connectivity index (χ1n) is 11.1. The summed E-state index contributed by atoms with van der Waals surface area (Å²) in [5, 5.41) is 0. The third-order valence-corrected chi connectivity index (χ3v) is 4.96. The van der Waals surface area contributed by atoms with Gasteiger partial charge in [0.25, 0.3) is 0 Å². The second-order valence-corrected chi connectivity index (χ2v) is 7.92. The predicted molar refractivity (Wildman–Crippen MR) is 117 cm³/mol. The van der Waals surface area contributed by atoms with Gasteiger partial charge in [0, 0.05) is 34.1 Å². The van der Waals surface area contributed by atoms with Crippen molar-refractivity contribution in [2.24, 2.45) is 0 Å². The lowest BCUT2D eigenvalue weighted by atomic mass is 9.92. The van der Waals surface area contributed by atoms with Crippen LogP contribution in [-0.4, -0.2) is 67.0 Å². The minimum atomic E-state index is -1.26. The Labute approximate surface area is 202 Å². The van der Waals surface area contributed by atoms with Crippen molar-refractivity contribution >= 4 is 29.8 Å². The standard InChI is InChI=1S/C24H30O11/c1-14(25)30-13-20-23(33-16(3)27)24(34-17(4)28)22(32-15(2)26)19(35-20)10-11-21(29)31-12-18-8-6-5-7-9-18/h5-9,19-20,22-24H,10-13H2,1-4H3/t19-,20-,22-,23-,24-/m1/s1. The number of benzene rings is 1. The Hall–Kier alpha value is -3.47. The van der Waals surface area contributed by atoms with Gasteiger partial charge in [-0.2, -0.15) is 0 Å². The molecule has 1 aliphatic rings. The molecule has 11 heteroatoms. The number of rotatable bonds is 10. The Morgan fingerprint density at radius 2 is 1.26 bits per heavy atom. The van der Waals surface area contributed by atoms with Crippen molar-refractivity contribution < 1.29 is 52.4 Å². The summed E-state index contributed by atoms with van der Waals surface area (Å²) in [6, 6.07) is 9.11. The first-order chi connectivity index (χ1) is 16.6. The van der Waals surface area contributed by atoms with Crippen molar-refractivity contribution in [3.8, 4) is 0 Å². The maximum Gasteiger partial charge on any atom is 0.306 e. The van der Waals surface area contributed by atoms with Gasteiger partial charge in [-0.15, -0.1) is 0 Å². The zero-order valence-electron chi connectivity index (χ0n) is 20.1. The van der Waals surface area contributed by atoms with Gasteiger partial charge in [-0.25, -0.2) is 0 Å². The molecule has 0 aliphatic carbocycles. The Balaban J connectivity index is 2.21. The number of hydrogen-bond donors (Lipinski definition) is 0. The predicted octanol–water partition coefficient (Wildman–Crippen LogP) is 1.64. The van der Waals surface area contributed by atoms with Gasteiger partial charge in [-0.1, -0.05) is 30.3 Å². The van der Waals surface area contributed by atoms with Crippen LogP contribution >= 0.6 is 0 Å². The fraction of sp³-hybridized carbons (Fsp3) is 0.542. The van der Waals surface area contributed by atoms with Crippen LogP contribution in [0, 0.1) is 0 Å². The van der Waals surface area contributed by atoms with Gasteiger partial charge in [0.1, 0.15) is 19.3 Å². The number of hydrogen-bond acceptors (Lipinski definition) is 11. The fourth-order valence-corrected chi connectivity index (χ4v) is 3.62. The van der Waals surface area contributed by atoms with Crippen molar-refractivity contribution in [3.05, 3.63) is 35.9 Å². The summed E-state index contributed by atoms with van der Waals surface area (Å²) in [4.78, 5) is 59.1. The first-order valence-corrected chi connectivity index (χ1v) is 11.1. The van der Waals surface area contributed by atoms with Crippen LogP contribution in [0.5, 0.6) is 0 Å². The minimum absolute atomic E-state index is 0.0205. The average molecular weight is 494 g/mol. The third kappa shape index (κ3) is 9.36. The Morgan fingerprint density at radius 3 is 1.80 bits per heavy atom. The highest BCUT2D eigenvalue weighted by Crippen LogP contribution is 2.31. The van der Waals surface area contributed by atoms with E-state index < -0.39 is 60.4 Å². The summed E-state index contributed by atoms with van der Waals surface area (Å²) >= 11 is 0. The van der Waals surface area contributed by atoms with Gasteiger partial charge in [0.05, 0.1) is 6.10 Å². The topological polar surface area (TPSA) is 141 Å². The van der Waals surface area contributed by atoms with E-state index in [1.165, 1.54) is 6.92 Å². The van der Waals surface area contributed by atoms with E-state index in [-0.39, 0.29) is 26.1 Å². The van der Waals surface area contributed by atoms with Gasteiger partial charge in [-0.3, -0.25) is 24.0 Å². The van der Waals surface area contributed by atoms with Gasteiger partial charge in [0.2, 0.25) is 0 Å². The lowest BCUT2D eigenvalue weighted by molar-refractivity contribution is -0.253. The average Bonchev–Trinajstić information content (AvgIpc) is 2.78. The molecule has 1 aliphatic heterocycles. The molecule has 35 heavy (non-hydrogen) atoms. The van der Waals surface area contributed by atoms with Crippen LogP contribution in [0.25, 0.3) is 0 Å². The maximum atomic E-state index is 12.3. The molecule has 11 nitrogen and oxygen atoms in total. The van der Waals surface area contributed by atoms with Gasteiger partial charge in [-0.05, 0) is 12.0 Å². The summed E-state index contributed by atoms with van der Waals surface area (Å²) < 4.78 is 32.3. The van der Waals surface area contributed by atoms with E-state index in [4.69, 9.17) is 28.4 Å². The minimum Gasteiger partial charge on any atom is -0.463 e. The molecule has 0 saturated carbocycles. The molecule has 0 spiro atoms. The lowest BCUT2D eigenvalue weighted by Gasteiger charge is -2.44. The van der Waals surface area contributed by atoms with Crippen LogP contribution in [-0.2, 0) is 59.0 Å². The number of carbonyl (C=O) groups is 5. The van der Waals surface area contributed by atoms with Crippen LogP contribution in [0.4, 0.5) is 0 Å². The van der Waals surface area contributed by atoms with E-state index in [0.29, 0.717) is 0 Å². The molecule has 5 atom stereocenters. The molecule has 0 N–H and O–H groups in total. The third-order valence-electron chi connectivity index (χ3n) is 4.96. The van der Waals surface area contributed by atoms with Crippen molar-refractivity contribution in [1.82, 2.24) is 0 Å². The fourth-order valence-electron chi connectivity index (χ4n) is 3.62. The first kappa shape index (κ1) is 27.8. The molecule has 1 heterocycles. The van der Waals surface area contributed by atoms with Gasteiger partial charge < -0.3 is 28.4 Å². The summed E-state index contributed by atoms with van der Waals surface area (Å²) in [5.74, 6) is -3.27. The molecule has 2 rings (SSSR count). The molecular weight excluding hydrogens is 464 g/mol. The number of carbonyl (C=O) groups excluding carboxylic acids is 5. The maximum absolute atomic E-state index is 12.3. The van der Waals surface area contributed by atoms with Crippen molar-refractivity contribution in [2.75, 3.05) is 6.61 Å². The van der Waals surface area contributed by atoms with Crippen molar-refractivity contribution in [1.29, 1.82) is 0 Å². The zero-order valence-corrected chi connectivity index (χ0v) is 20.1. The van der Waals surface area contributed by atoms with E-state index in [2.05, 4.69) is 0 Å². The van der Waals surface area contributed by atoms with Crippen molar-refractivity contribution in [3.63, 3.8) is 0 Å². The van der Waals surface area contributed by atoms with E-state index in [1.807, 2.05) is 30.3 Å². The van der Waals surface area contributed by atoms with Crippen LogP contribution in [0.1, 0.15) is 46.1 Å².